The van der Waals surface area contributed by atoms with Crippen LogP contribution < -0.4 is 0 Å². The van der Waals surface area contributed by atoms with Crippen molar-refractivity contribution >= 4 is 5.91 Å². The minimum atomic E-state index is 0.104. The van der Waals surface area contributed by atoms with Crippen LogP contribution in [0, 0.1) is 5.41 Å². The number of benzene rings is 1. The van der Waals surface area contributed by atoms with Gasteiger partial charge in [-0.2, -0.15) is 0 Å². The van der Waals surface area contributed by atoms with Crippen molar-refractivity contribution in [1.82, 2.24) is 25.1 Å². The minimum absolute atomic E-state index is 0.104. The van der Waals surface area contributed by atoms with Crippen molar-refractivity contribution < 1.29 is 4.79 Å². The molecule has 0 spiro atoms. The summed E-state index contributed by atoms with van der Waals surface area (Å²) in [5.41, 5.74) is 1.42. The van der Waals surface area contributed by atoms with Crippen LogP contribution in [-0.2, 0) is 11.3 Å². The van der Waals surface area contributed by atoms with Crippen LogP contribution in [0.4, 0.5) is 0 Å². The Kier molecular flexibility index (Phi) is 4.41. The molecule has 2 aromatic rings. The Hall–Kier alpha value is -2.24. The number of rotatable bonds is 5. The van der Waals surface area contributed by atoms with Gasteiger partial charge < -0.3 is 4.90 Å². The fraction of sp³-hybridized carbons (Fsp3) is 0.529. The SMILES string of the molecule is CC1(C)CN(C(=O)CCCn2cnnn2)C[C@@H]1c1ccccc1. The summed E-state index contributed by atoms with van der Waals surface area (Å²) in [5.74, 6) is 0.622. The summed E-state index contributed by atoms with van der Waals surface area (Å²) < 4.78 is 1.66. The molecule has 0 N–H and O–H groups in total. The first-order chi connectivity index (χ1) is 11.1. The highest BCUT2D eigenvalue weighted by atomic mass is 16.2. The molecule has 1 saturated heterocycles. The Morgan fingerprint density at radius 3 is 2.78 bits per heavy atom. The van der Waals surface area contributed by atoms with E-state index < -0.39 is 0 Å². The van der Waals surface area contributed by atoms with E-state index >= 15 is 0 Å². The van der Waals surface area contributed by atoms with Crippen molar-refractivity contribution in [2.75, 3.05) is 13.1 Å². The standard InChI is InChI=1S/C17H23N5O/c1-17(2)12-21(11-15(17)14-7-4-3-5-8-14)16(23)9-6-10-22-13-18-19-20-22/h3-5,7-8,13,15H,6,9-12H2,1-2H3/t15-/m1/s1. The van der Waals surface area contributed by atoms with Crippen molar-refractivity contribution in [3.05, 3.63) is 42.2 Å². The van der Waals surface area contributed by atoms with E-state index in [9.17, 15) is 4.79 Å². The Morgan fingerprint density at radius 2 is 2.09 bits per heavy atom. The van der Waals surface area contributed by atoms with Crippen molar-refractivity contribution in [3.63, 3.8) is 0 Å². The van der Waals surface area contributed by atoms with Crippen LogP contribution in [0.15, 0.2) is 36.7 Å². The maximum Gasteiger partial charge on any atom is 0.222 e. The second kappa shape index (κ2) is 6.48. The third kappa shape index (κ3) is 3.57. The van der Waals surface area contributed by atoms with Crippen LogP contribution >= 0.6 is 0 Å². The van der Waals surface area contributed by atoms with Crippen LogP contribution in [0.2, 0.25) is 0 Å². The predicted octanol–water partition coefficient (Wildman–Crippen LogP) is 2.11. The number of carbonyl (C=O) groups excluding carboxylic acids is 1. The Labute approximate surface area is 136 Å². The van der Waals surface area contributed by atoms with Gasteiger partial charge >= 0.3 is 0 Å². The zero-order valence-electron chi connectivity index (χ0n) is 13.7. The van der Waals surface area contributed by atoms with Gasteiger partial charge in [-0.1, -0.05) is 44.2 Å². The second-order valence-electron chi connectivity index (χ2n) is 6.90. The van der Waals surface area contributed by atoms with Gasteiger partial charge in [-0.25, -0.2) is 4.68 Å². The van der Waals surface area contributed by atoms with Gasteiger partial charge in [0.15, 0.2) is 0 Å². The van der Waals surface area contributed by atoms with Gasteiger partial charge in [0.1, 0.15) is 6.33 Å². The molecule has 1 atom stereocenters. The Bertz CT molecular complexity index is 638. The topological polar surface area (TPSA) is 63.9 Å². The summed E-state index contributed by atoms with van der Waals surface area (Å²) in [5, 5.41) is 11.0. The van der Waals surface area contributed by atoms with Crippen LogP contribution in [0.1, 0.15) is 38.2 Å². The van der Waals surface area contributed by atoms with E-state index in [2.05, 4.69) is 53.6 Å². The van der Waals surface area contributed by atoms with E-state index in [0.29, 0.717) is 18.9 Å². The normalized spacial score (nSPS) is 19.9. The Morgan fingerprint density at radius 1 is 1.30 bits per heavy atom. The Balaban J connectivity index is 1.57. The fourth-order valence-electron chi connectivity index (χ4n) is 3.40. The highest BCUT2D eigenvalue weighted by molar-refractivity contribution is 5.76. The molecule has 6 nitrogen and oxygen atoms in total. The van der Waals surface area contributed by atoms with Gasteiger partial charge in [-0.15, -0.1) is 5.10 Å². The van der Waals surface area contributed by atoms with E-state index in [1.807, 2.05) is 11.0 Å². The van der Waals surface area contributed by atoms with Crippen molar-refractivity contribution in [2.24, 2.45) is 5.41 Å². The van der Waals surface area contributed by atoms with Crippen LogP contribution in [0.25, 0.3) is 0 Å². The third-order valence-electron chi connectivity index (χ3n) is 4.67. The first kappa shape index (κ1) is 15.6. The monoisotopic (exact) mass is 313 g/mol. The van der Waals surface area contributed by atoms with Crippen molar-refractivity contribution in [1.29, 1.82) is 0 Å². The van der Waals surface area contributed by atoms with Crippen LogP contribution in [0.3, 0.4) is 0 Å². The molecule has 3 rings (SSSR count). The molecule has 1 aliphatic rings. The number of amides is 1. The first-order valence-electron chi connectivity index (χ1n) is 8.10. The number of likely N-dealkylation sites (tertiary alicyclic amines) is 1. The molecule has 0 aliphatic carbocycles. The molecule has 1 amide bonds. The van der Waals surface area contributed by atoms with Gasteiger partial charge in [0.05, 0.1) is 0 Å². The van der Waals surface area contributed by atoms with E-state index in [4.69, 9.17) is 0 Å². The lowest BCUT2D eigenvalue weighted by atomic mass is 9.78. The molecule has 1 aromatic carbocycles. The summed E-state index contributed by atoms with van der Waals surface area (Å²) in [7, 11) is 0. The fourth-order valence-corrected chi connectivity index (χ4v) is 3.40. The van der Waals surface area contributed by atoms with Gasteiger partial charge in [0, 0.05) is 32.0 Å². The molecule has 6 heteroatoms. The van der Waals surface area contributed by atoms with Gasteiger partial charge in [-0.3, -0.25) is 4.79 Å². The molecule has 1 aromatic heterocycles. The molecule has 23 heavy (non-hydrogen) atoms. The molecular weight excluding hydrogens is 290 g/mol. The summed E-state index contributed by atoms with van der Waals surface area (Å²) in [6, 6.07) is 10.5. The smallest absolute Gasteiger partial charge is 0.222 e. The van der Waals surface area contributed by atoms with Crippen LogP contribution in [-0.4, -0.2) is 44.1 Å². The highest BCUT2D eigenvalue weighted by Gasteiger charge is 2.41. The largest absolute Gasteiger partial charge is 0.342 e. The van der Waals surface area contributed by atoms with Crippen molar-refractivity contribution in [3.8, 4) is 0 Å². The second-order valence-corrected chi connectivity index (χ2v) is 6.90. The maximum atomic E-state index is 12.5. The molecular formula is C17H23N5O. The summed E-state index contributed by atoms with van der Waals surface area (Å²) in [6.07, 6.45) is 2.88. The molecule has 2 heterocycles. The average molecular weight is 313 g/mol. The van der Waals surface area contributed by atoms with Gasteiger partial charge in [0.25, 0.3) is 0 Å². The van der Waals surface area contributed by atoms with Gasteiger partial charge in [0.2, 0.25) is 5.91 Å². The van der Waals surface area contributed by atoms with E-state index in [0.717, 1.165) is 19.5 Å². The number of aryl methyl sites for hydroxylation is 1. The van der Waals surface area contributed by atoms with E-state index in [1.165, 1.54) is 5.56 Å². The first-order valence-corrected chi connectivity index (χ1v) is 8.10. The lowest BCUT2D eigenvalue weighted by Crippen LogP contribution is -2.30. The van der Waals surface area contributed by atoms with Gasteiger partial charge in [-0.05, 0) is 27.8 Å². The molecule has 0 unspecified atom stereocenters. The molecule has 1 fully saturated rings. The number of tetrazole rings is 1. The van der Waals surface area contributed by atoms with Crippen molar-refractivity contribution in [2.45, 2.75) is 39.2 Å². The number of carbonyl (C=O) groups is 1. The zero-order chi connectivity index (χ0) is 16.3. The van der Waals surface area contributed by atoms with E-state index in [1.54, 1.807) is 11.0 Å². The molecule has 122 valence electrons. The zero-order valence-corrected chi connectivity index (χ0v) is 13.7. The molecule has 0 saturated carbocycles. The number of nitrogens with zero attached hydrogens (tertiary/aromatic N) is 5. The lowest BCUT2D eigenvalue weighted by Gasteiger charge is -2.25. The third-order valence-corrected chi connectivity index (χ3v) is 4.67. The average Bonchev–Trinajstić information content (AvgIpc) is 3.15. The minimum Gasteiger partial charge on any atom is -0.342 e. The lowest BCUT2D eigenvalue weighted by molar-refractivity contribution is -0.130. The molecule has 1 aliphatic heterocycles. The molecule has 0 radical (unpaired) electrons. The highest BCUT2D eigenvalue weighted by Crippen LogP contribution is 2.42. The maximum absolute atomic E-state index is 12.5. The number of hydrogen-bond acceptors (Lipinski definition) is 4. The summed E-state index contributed by atoms with van der Waals surface area (Å²) in [4.78, 5) is 14.5. The molecule has 0 bridgehead atoms. The summed E-state index contributed by atoms with van der Waals surface area (Å²) >= 11 is 0. The van der Waals surface area contributed by atoms with Crippen LogP contribution in [0.5, 0.6) is 0 Å². The number of hydrogen-bond donors (Lipinski definition) is 0. The number of aromatic nitrogens is 4. The van der Waals surface area contributed by atoms with E-state index in [-0.39, 0.29) is 11.3 Å². The quantitative estimate of drug-likeness (QED) is 0.848. The predicted molar refractivity (Wildman–Crippen MR) is 86.6 cm³/mol. The summed E-state index contributed by atoms with van der Waals surface area (Å²) in [6.45, 7) is 6.80.